The van der Waals surface area contributed by atoms with Gasteiger partial charge in [0.2, 0.25) is 0 Å². The van der Waals surface area contributed by atoms with E-state index in [4.69, 9.17) is 4.74 Å². The van der Waals surface area contributed by atoms with Crippen molar-refractivity contribution in [1.29, 1.82) is 0 Å². The van der Waals surface area contributed by atoms with Gasteiger partial charge in [0, 0.05) is 33.3 Å². The van der Waals surface area contributed by atoms with Crippen molar-refractivity contribution in [2.75, 3.05) is 26.7 Å². The third kappa shape index (κ3) is 3.07. The van der Waals surface area contributed by atoms with Gasteiger partial charge in [-0.3, -0.25) is 4.79 Å². The molecule has 1 aromatic carbocycles. The highest BCUT2D eigenvalue weighted by Crippen LogP contribution is 2.45. The van der Waals surface area contributed by atoms with Gasteiger partial charge in [-0.05, 0) is 37.2 Å². The number of ether oxygens (including phenoxy) is 1. The maximum Gasteiger partial charge on any atom is 0.317 e. The van der Waals surface area contributed by atoms with E-state index in [1.54, 1.807) is 7.11 Å². The maximum absolute atomic E-state index is 12.5. The van der Waals surface area contributed by atoms with Crippen LogP contribution in [-0.2, 0) is 16.1 Å². The zero-order valence-corrected chi connectivity index (χ0v) is 15.3. The van der Waals surface area contributed by atoms with Crippen LogP contribution >= 0.6 is 0 Å². The zero-order valence-electron chi connectivity index (χ0n) is 15.3. The number of rotatable bonds is 5. The molecule has 6 nitrogen and oxygen atoms in total. The number of piperidine rings is 1. The molecule has 3 amide bonds. The molecule has 0 bridgehead atoms. The van der Waals surface area contributed by atoms with E-state index in [-0.39, 0.29) is 23.6 Å². The molecular formula is C20H27N3O3. The molecule has 2 heterocycles. The lowest BCUT2D eigenvalue weighted by Gasteiger charge is -2.59. The molecule has 0 aromatic heterocycles. The summed E-state index contributed by atoms with van der Waals surface area (Å²) in [6.07, 6.45) is 3.71. The molecular weight excluding hydrogens is 330 g/mol. The lowest BCUT2D eigenvalue weighted by molar-refractivity contribution is -0.198. The van der Waals surface area contributed by atoms with Gasteiger partial charge in [0.15, 0.2) is 6.10 Å². The number of hydrogen-bond acceptors (Lipinski definition) is 3. The first-order valence-electron chi connectivity index (χ1n) is 9.55. The molecule has 3 fully saturated rings. The Labute approximate surface area is 154 Å². The molecule has 140 valence electrons. The van der Waals surface area contributed by atoms with Crippen LogP contribution in [0.3, 0.4) is 0 Å². The van der Waals surface area contributed by atoms with E-state index in [9.17, 15) is 9.59 Å². The molecule has 1 spiro atoms. The average Bonchev–Trinajstić information content (AvgIpc) is 3.50. The molecule has 26 heavy (non-hydrogen) atoms. The predicted molar refractivity (Wildman–Crippen MR) is 97.4 cm³/mol. The average molecular weight is 357 g/mol. The third-order valence-electron chi connectivity index (χ3n) is 6.09. The second kappa shape index (κ2) is 6.91. The van der Waals surface area contributed by atoms with Crippen LogP contribution in [0.15, 0.2) is 30.3 Å². The summed E-state index contributed by atoms with van der Waals surface area (Å²) in [5, 5.41) is 2.99. The summed E-state index contributed by atoms with van der Waals surface area (Å²) in [6, 6.07) is 9.89. The van der Waals surface area contributed by atoms with Crippen LogP contribution in [0.5, 0.6) is 0 Å². The van der Waals surface area contributed by atoms with Crippen molar-refractivity contribution in [1.82, 2.24) is 15.1 Å². The fourth-order valence-electron chi connectivity index (χ4n) is 4.33. The number of likely N-dealkylation sites (tertiary alicyclic amines) is 2. The highest BCUT2D eigenvalue weighted by Gasteiger charge is 2.61. The Balaban J connectivity index is 1.33. The van der Waals surface area contributed by atoms with Gasteiger partial charge in [-0.1, -0.05) is 30.3 Å². The van der Waals surface area contributed by atoms with Crippen molar-refractivity contribution in [3.05, 3.63) is 35.9 Å². The minimum atomic E-state index is -0.337. The normalized spacial score (nSPS) is 24.5. The van der Waals surface area contributed by atoms with Crippen molar-refractivity contribution in [3.8, 4) is 0 Å². The summed E-state index contributed by atoms with van der Waals surface area (Å²) in [5.74, 6) is 0.794. The van der Waals surface area contributed by atoms with E-state index in [0.717, 1.165) is 24.9 Å². The summed E-state index contributed by atoms with van der Waals surface area (Å²) in [4.78, 5) is 28.8. The molecule has 1 saturated carbocycles. The number of benzene rings is 1. The first-order chi connectivity index (χ1) is 12.6. The second-order valence-electron chi connectivity index (χ2n) is 7.74. The molecule has 1 aliphatic carbocycles. The van der Waals surface area contributed by atoms with E-state index in [2.05, 4.69) is 5.32 Å². The van der Waals surface area contributed by atoms with Gasteiger partial charge in [-0.2, -0.15) is 0 Å². The van der Waals surface area contributed by atoms with Crippen LogP contribution in [-0.4, -0.2) is 60.1 Å². The fourth-order valence-corrected chi connectivity index (χ4v) is 4.33. The molecule has 1 unspecified atom stereocenters. The molecule has 2 aliphatic heterocycles. The first-order valence-corrected chi connectivity index (χ1v) is 9.55. The third-order valence-corrected chi connectivity index (χ3v) is 6.09. The molecule has 2 saturated heterocycles. The minimum Gasteiger partial charge on any atom is -0.369 e. The van der Waals surface area contributed by atoms with Gasteiger partial charge in [0.05, 0.1) is 5.54 Å². The Morgan fingerprint density at radius 1 is 1.23 bits per heavy atom. The van der Waals surface area contributed by atoms with E-state index in [0.29, 0.717) is 25.6 Å². The van der Waals surface area contributed by atoms with Crippen LogP contribution in [0.2, 0.25) is 0 Å². The second-order valence-corrected chi connectivity index (χ2v) is 7.74. The number of carbonyl (C=O) groups excluding carboxylic acids is 2. The van der Waals surface area contributed by atoms with E-state index in [1.165, 1.54) is 12.8 Å². The summed E-state index contributed by atoms with van der Waals surface area (Å²) < 4.78 is 5.51. The molecule has 4 rings (SSSR count). The van der Waals surface area contributed by atoms with E-state index >= 15 is 0 Å². The van der Waals surface area contributed by atoms with Gasteiger partial charge in [-0.15, -0.1) is 0 Å². The number of hydrogen-bond donors (Lipinski definition) is 1. The van der Waals surface area contributed by atoms with Crippen molar-refractivity contribution in [2.24, 2.45) is 5.92 Å². The summed E-state index contributed by atoms with van der Waals surface area (Å²) in [6.45, 7) is 2.72. The Bertz CT molecular complexity index is 666. The van der Waals surface area contributed by atoms with Gasteiger partial charge >= 0.3 is 6.03 Å². The Morgan fingerprint density at radius 2 is 1.92 bits per heavy atom. The number of carbonyl (C=O) groups is 2. The van der Waals surface area contributed by atoms with Gasteiger partial charge < -0.3 is 19.9 Å². The minimum absolute atomic E-state index is 0.0305. The summed E-state index contributed by atoms with van der Waals surface area (Å²) in [5.41, 5.74) is 0.888. The topological polar surface area (TPSA) is 61.9 Å². The molecule has 3 aliphatic rings. The van der Waals surface area contributed by atoms with Crippen molar-refractivity contribution >= 4 is 11.9 Å². The molecule has 1 N–H and O–H groups in total. The Kier molecular flexibility index (Phi) is 4.61. The van der Waals surface area contributed by atoms with Crippen LogP contribution in [0, 0.1) is 5.92 Å². The number of methoxy groups -OCH3 is 1. The van der Waals surface area contributed by atoms with E-state index in [1.807, 2.05) is 40.1 Å². The number of amides is 3. The van der Waals surface area contributed by atoms with Crippen LogP contribution in [0.4, 0.5) is 4.79 Å². The van der Waals surface area contributed by atoms with Crippen LogP contribution in [0.1, 0.15) is 31.2 Å². The smallest absolute Gasteiger partial charge is 0.317 e. The lowest BCUT2D eigenvalue weighted by atomic mass is 9.73. The number of nitrogens with one attached hydrogen (secondary N) is 1. The summed E-state index contributed by atoms with van der Waals surface area (Å²) >= 11 is 0. The zero-order chi connectivity index (χ0) is 18.1. The molecule has 1 atom stereocenters. The van der Waals surface area contributed by atoms with Gasteiger partial charge in [0.1, 0.15) is 0 Å². The van der Waals surface area contributed by atoms with Crippen LogP contribution in [0.25, 0.3) is 0 Å². The first kappa shape index (κ1) is 17.3. The number of urea groups is 1. The number of nitrogens with zero attached hydrogens (tertiary/aromatic N) is 2. The Morgan fingerprint density at radius 3 is 2.54 bits per heavy atom. The maximum atomic E-state index is 12.5. The quantitative estimate of drug-likeness (QED) is 0.820. The predicted octanol–water partition coefficient (Wildman–Crippen LogP) is 2.00. The Hall–Kier alpha value is -2.08. The van der Waals surface area contributed by atoms with Gasteiger partial charge in [0.25, 0.3) is 5.91 Å². The number of β-lactam (4-membered cyclic amide) rings is 1. The highest BCUT2D eigenvalue weighted by molar-refractivity contribution is 5.90. The summed E-state index contributed by atoms with van der Waals surface area (Å²) in [7, 11) is 1.62. The molecule has 0 radical (unpaired) electrons. The van der Waals surface area contributed by atoms with E-state index < -0.39 is 0 Å². The molecule has 1 aromatic rings. The van der Waals surface area contributed by atoms with Crippen LogP contribution < -0.4 is 5.32 Å². The van der Waals surface area contributed by atoms with Gasteiger partial charge in [-0.25, -0.2) is 4.79 Å². The SMILES string of the molecule is COC1C(=O)N(CC2CC2)C12CCN(C(=O)NCc1ccccc1)CC2. The van der Waals surface area contributed by atoms with Crippen molar-refractivity contribution in [2.45, 2.75) is 43.9 Å². The lowest BCUT2D eigenvalue weighted by Crippen LogP contribution is -2.77. The largest absolute Gasteiger partial charge is 0.369 e. The molecule has 6 heteroatoms. The highest BCUT2D eigenvalue weighted by atomic mass is 16.5. The fraction of sp³-hybridized carbons (Fsp3) is 0.600. The van der Waals surface area contributed by atoms with Crippen molar-refractivity contribution in [3.63, 3.8) is 0 Å². The standard InChI is InChI=1S/C20H27N3O3/c1-26-17-18(24)23(14-16-7-8-16)20(17)9-11-22(12-10-20)19(25)21-13-15-5-3-2-4-6-15/h2-6,16-17H,7-14H2,1H3,(H,21,25). The van der Waals surface area contributed by atoms with Crippen molar-refractivity contribution < 1.29 is 14.3 Å². The monoisotopic (exact) mass is 357 g/mol.